The van der Waals surface area contributed by atoms with Gasteiger partial charge in [0, 0.05) is 47.1 Å². The number of rotatable bonds is 7. The van der Waals surface area contributed by atoms with Gasteiger partial charge in [-0.15, -0.1) is 0 Å². The lowest BCUT2D eigenvalue weighted by Crippen LogP contribution is -2.38. The number of aromatic nitrogens is 1. The zero-order valence-corrected chi connectivity index (χ0v) is 27.1. The highest BCUT2D eigenvalue weighted by molar-refractivity contribution is 6.33. The summed E-state index contributed by atoms with van der Waals surface area (Å²) in [4.78, 5) is 10.2. The zero-order valence-electron chi connectivity index (χ0n) is 27.1. The van der Waals surface area contributed by atoms with Crippen LogP contribution in [0.2, 0.25) is 0 Å². The van der Waals surface area contributed by atoms with Gasteiger partial charge in [0.15, 0.2) is 0 Å². The molecule has 0 radical (unpaired) electrons. The van der Waals surface area contributed by atoms with Crippen LogP contribution in [0.5, 0.6) is 0 Å². The Bertz CT molecular complexity index is 2000. The van der Waals surface area contributed by atoms with Gasteiger partial charge >= 0.3 is 0 Å². The van der Waals surface area contributed by atoms with Gasteiger partial charge in [0.05, 0.1) is 11.4 Å². The third-order valence-corrected chi connectivity index (χ3v) is 9.70. The second-order valence-electron chi connectivity index (χ2n) is 12.8. The van der Waals surface area contributed by atoms with E-state index in [1.165, 1.54) is 39.1 Å². The smallest absolute Gasteiger partial charge is 0.144 e. The van der Waals surface area contributed by atoms with Gasteiger partial charge in [0.2, 0.25) is 0 Å². The van der Waals surface area contributed by atoms with Crippen molar-refractivity contribution in [2.75, 3.05) is 6.54 Å². The predicted molar refractivity (Wildman–Crippen MR) is 200 cm³/mol. The molecule has 3 unspecified atom stereocenters. The average molecular weight is 625 g/mol. The maximum Gasteiger partial charge on any atom is 0.144 e. The molecule has 2 aliphatic heterocycles. The molecule has 0 spiro atoms. The van der Waals surface area contributed by atoms with E-state index < -0.39 is 0 Å². The van der Waals surface area contributed by atoms with Crippen molar-refractivity contribution >= 4 is 17.0 Å². The molecule has 0 fully saturated rings. The fourth-order valence-corrected chi connectivity index (χ4v) is 7.21. The van der Waals surface area contributed by atoms with Gasteiger partial charge in [-0.3, -0.25) is 9.98 Å². The van der Waals surface area contributed by atoms with E-state index in [1.807, 2.05) is 12.3 Å². The number of pyridine rings is 1. The minimum atomic E-state index is -0.149. The second kappa shape index (κ2) is 13.7. The summed E-state index contributed by atoms with van der Waals surface area (Å²) in [6.45, 7) is 0.837. The van der Waals surface area contributed by atoms with E-state index in [9.17, 15) is 0 Å². The van der Waals surface area contributed by atoms with Gasteiger partial charge in [0.1, 0.15) is 6.17 Å². The Hall–Kier alpha value is -5.48. The van der Waals surface area contributed by atoms with E-state index in [1.54, 1.807) is 0 Å². The van der Waals surface area contributed by atoms with Crippen molar-refractivity contribution in [3.63, 3.8) is 0 Å². The average Bonchev–Trinajstić information content (AvgIpc) is 3.19. The molecule has 0 saturated heterocycles. The minimum Gasteiger partial charge on any atom is -0.381 e. The van der Waals surface area contributed by atoms with E-state index in [0.29, 0.717) is 0 Å². The van der Waals surface area contributed by atoms with Crippen LogP contribution >= 0.6 is 0 Å². The summed E-state index contributed by atoms with van der Waals surface area (Å²) in [7, 11) is 0. The van der Waals surface area contributed by atoms with Crippen molar-refractivity contribution in [3.05, 3.63) is 185 Å². The number of allylic oxidation sites excluding steroid dienone is 13. The first kappa shape index (κ1) is 29.9. The van der Waals surface area contributed by atoms with Crippen LogP contribution in [-0.2, 0) is 0 Å². The lowest BCUT2D eigenvalue weighted by atomic mass is 9.83. The highest BCUT2D eigenvalue weighted by Gasteiger charge is 2.31. The largest absolute Gasteiger partial charge is 0.381 e. The molecule has 0 amide bonds. The maximum atomic E-state index is 5.51. The van der Waals surface area contributed by atoms with E-state index in [0.717, 1.165) is 54.9 Å². The Kier molecular flexibility index (Phi) is 8.54. The molecule has 3 heterocycles. The Morgan fingerprint density at radius 1 is 0.729 bits per heavy atom. The van der Waals surface area contributed by atoms with Crippen LogP contribution in [0.1, 0.15) is 48.3 Å². The molecule has 3 aromatic rings. The molecular formula is C44H40N4. The van der Waals surface area contributed by atoms with Gasteiger partial charge in [-0.2, -0.15) is 0 Å². The van der Waals surface area contributed by atoms with Gasteiger partial charge in [0.25, 0.3) is 0 Å². The molecule has 2 aromatic carbocycles. The Morgan fingerprint density at radius 2 is 1.62 bits per heavy atom. The zero-order chi connectivity index (χ0) is 32.1. The normalized spacial score (nSPS) is 23.1. The third kappa shape index (κ3) is 6.26. The van der Waals surface area contributed by atoms with Crippen molar-refractivity contribution in [2.45, 2.75) is 37.8 Å². The highest BCUT2D eigenvalue weighted by Crippen LogP contribution is 2.38. The van der Waals surface area contributed by atoms with Crippen molar-refractivity contribution in [2.24, 2.45) is 10.9 Å². The fourth-order valence-electron chi connectivity index (χ4n) is 7.21. The number of benzene rings is 2. The Balaban J connectivity index is 1.14. The summed E-state index contributed by atoms with van der Waals surface area (Å²) in [6.07, 6.45) is 34.8. The second-order valence-corrected chi connectivity index (χ2v) is 12.8. The summed E-state index contributed by atoms with van der Waals surface area (Å²) >= 11 is 0. The SMILES string of the molecule is C1=CCCC(C2=NC(C3=CCC(c4cc(C5=CC=CCN5)cc(-c5ccccn5)c4)C=C3)NC(C3C=CC=CC3)=C2c2ccccc2)=C1. The Morgan fingerprint density at radius 3 is 2.38 bits per heavy atom. The lowest BCUT2D eigenvalue weighted by Gasteiger charge is -2.34. The molecule has 0 bridgehead atoms. The molecular weight excluding hydrogens is 585 g/mol. The molecule has 3 aliphatic carbocycles. The summed E-state index contributed by atoms with van der Waals surface area (Å²) in [5.74, 6) is 0.527. The topological polar surface area (TPSA) is 49.3 Å². The van der Waals surface area contributed by atoms with E-state index >= 15 is 0 Å². The van der Waals surface area contributed by atoms with Crippen LogP contribution in [-0.4, -0.2) is 23.4 Å². The first-order valence-corrected chi connectivity index (χ1v) is 17.2. The molecule has 5 aliphatic rings. The fraction of sp³-hybridized carbons (Fsp3) is 0.182. The first-order chi connectivity index (χ1) is 23.8. The van der Waals surface area contributed by atoms with Crippen molar-refractivity contribution < 1.29 is 0 Å². The molecule has 0 saturated carbocycles. The molecule has 8 rings (SSSR count). The van der Waals surface area contributed by atoms with Gasteiger partial charge < -0.3 is 10.6 Å². The van der Waals surface area contributed by atoms with Crippen LogP contribution in [0.3, 0.4) is 0 Å². The number of hydrogen-bond acceptors (Lipinski definition) is 4. The van der Waals surface area contributed by atoms with Gasteiger partial charge in [-0.05, 0) is 89.9 Å². The molecule has 2 N–H and O–H groups in total. The van der Waals surface area contributed by atoms with E-state index in [4.69, 9.17) is 4.99 Å². The Labute approximate surface area is 283 Å². The van der Waals surface area contributed by atoms with Crippen LogP contribution in [0.4, 0.5) is 0 Å². The molecule has 4 nitrogen and oxygen atoms in total. The number of hydrogen-bond donors (Lipinski definition) is 2. The van der Waals surface area contributed by atoms with Crippen molar-refractivity contribution in [1.29, 1.82) is 0 Å². The number of nitrogens with zero attached hydrogens (tertiary/aromatic N) is 2. The third-order valence-electron chi connectivity index (χ3n) is 9.70. The van der Waals surface area contributed by atoms with Gasteiger partial charge in [-0.25, -0.2) is 0 Å². The number of dihydropyridines is 1. The molecule has 4 heteroatoms. The van der Waals surface area contributed by atoms with Crippen molar-refractivity contribution in [3.8, 4) is 11.3 Å². The number of aliphatic imine (C=N–C) groups is 1. The number of nitrogens with one attached hydrogen (secondary N) is 2. The standard InChI is InChI=1S/C44H40N4/c1-4-14-32(15-5-1)41-42(33-16-6-2-7-17-33)47-44(48-43(41)34-18-8-3-9-19-34)35-24-22-31(23-25-35)36-28-37(39-20-10-12-26-45-39)30-38(29-36)40-21-11-13-27-46-40/h1-8,10-16,18,20-22,24-26,28-31,33,44,46-47H,9,17,19,23,27H2. The quantitative estimate of drug-likeness (QED) is 0.275. The summed E-state index contributed by atoms with van der Waals surface area (Å²) in [6, 6.07) is 23.8. The predicted octanol–water partition coefficient (Wildman–Crippen LogP) is 9.41. The molecule has 3 atom stereocenters. The first-order valence-electron chi connectivity index (χ1n) is 17.2. The minimum absolute atomic E-state index is 0.149. The van der Waals surface area contributed by atoms with Crippen LogP contribution < -0.4 is 10.6 Å². The molecule has 1 aromatic heterocycles. The van der Waals surface area contributed by atoms with Crippen molar-refractivity contribution in [1.82, 2.24) is 15.6 Å². The van der Waals surface area contributed by atoms with Crippen LogP contribution in [0.25, 0.3) is 22.5 Å². The summed E-state index contributed by atoms with van der Waals surface area (Å²) in [5.41, 5.74) is 13.1. The van der Waals surface area contributed by atoms with E-state index in [2.05, 4.69) is 155 Å². The summed E-state index contributed by atoms with van der Waals surface area (Å²) in [5, 5.41) is 7.51. The van der Waals surface area contributed by atoms with Gasteiger partial charge in [-0.1, -0.05) is 109 Å². The lowest BCUT2D eigenvalue weighted by molar-refractivity contribution is 0.591. The highest BCUT2D eigenvalue weighted by atomic mass is 15.1. The van der Waals surface area contributed by atoms with Crippen LogP contribution in [0, 0.1) is 5.92 Å². The maximum absolute atomic E-state index is 5.51. The summed E-state index contributed by atoms with van der Waals surface area (Å²) < 4.78 is 0. The molecule has 236 valence electrons. The van der Waals surface area contributed by atoms with E-state index in [-0.39, 0.29) is 18.0 Å². The molecule has 48 heavy (non-hydrogen) atoms. The van der Waals surface area contributed by atoms with Crippen LogP contribution in [0.15, 0.2) is 174 Å². The monoisotopic (exact) mass is 624 g/mol.